The van der Waals surface area contributed by atoms with Gasteiger partial charge in [-0.1, -0.05) is 0 Å². The molecule has 3 heterocycles. The molecule has 3 saturated heterocycles. The third-order valence-electron chi connectivity index (χ3n) is 11.5. The zero-order valence-electron chi connectivity index (χ0n) is 30.0. The van der Waals surface area contributed by atoms with Gasteiger partial charge in [-0.05, 0) is 0 Å². The first-order valence-corrected chi connectivity index (χ1v) is 18.1. The number of methoxy groups -OCH3 is 1. The van der Waals surface area contributed by atoms with Gasteiger partial charge in [0.1, 0.15) is 0 Å². The molecule has 1 saturated carbocycles. The number of fused-ring (bicyclic) bond motifs is 6. The molecule has 2 unspecified atom stereocenters. The van der Waals surface area contributed by atoms with Crippen LogP contribution in [0.1, 0.15) is 81.1 Å². The van der Waals surface area contributed by atoms with Crippen LogP contribution in [0.25, 0.3) is 0 Å². The van der Waals surface area contributed by atoms with Gasteiger partial charge in [0, 0.05) is 0 Å². The number of nitrogens with zero attached hydrogens (tertiary/aromatic N) is 1. The van der Waals surface area contributed by atoms with Crippen LogP contribution in [0.2, 0.25) is 0 Å². The van der Waals surface area contributed by atoms with Gasteiger partial charge in [-0.25, -0.2) is 0 Å². The molecular weight excluding hydrogens is 629 g/mol. The molecule has 4 aliphatic rings. The summed E-state index contributed by atoms with van der Waals surface area (Å²) in [6.07, 6.45) is -1.61. The van der Waals surface area contributed by atoms with Crippen molar-refractivity contribution < 1.29 is 60.4 Å². The molecule has 0 radical (unpaired) electrons. The monoisotopic (exact) mass is 690 g/mol. The van der Waals surface area contributed by atoms with Crippen LogP contribution >= 0.6 is 0 Å². The second-order valence-corrected chi connectivity index (χ2v) is 16.3. The van der Waals surface area contributed by atoms with Crippen molar-refractivity contribution in [3.05, 3.63) is 0 Å². The van der Waals surface area contributed by atoms with E-state index in [1.54, 1.807) is 21.0 Å². The van der Waals surface area contributed by atoms with E-state index in [0.29, 0.717) is 37.9 Å². The van der Waals surface area contributed by atoms with E-state index in [2.05, 4.69) is 42.7 Å². The quantitative estimate of drug-likeness (QED) is 0.417. The Labute approximate surface area is 286 Å². The Bertz CT molecular complexity index is 1060. The Kier molecular flexibility index (Phi) is 12.7. The molecule has 265 valence electrons. The SMILES string of the molecule is CC[C@H]1OC(=O)[C@H](C)[C@@H](O)[C@H](C)[C@@H](O[C@@H]2O[C@H](C)C[C@H](N(C)C)[C@H]2OC)[C@]2(C)C[C@@H](C)[C](=[V])[C@H](C)[C@@H](OCC3CC3CO2)[C@]1(C)O. The van der Waals surface area contributed by atoms with E-state index >= 15 is 0 Å². The van der Waals surface area contributed by atoms with Crippen molar-refractivity contribution in [2.45, 2.75) is 141 Å². The second-order valence-electron chi connectivity index (χ2n) is 15.5. The Morgan fingerprint density at radius 1 is 1.04 bits per heavy atom. The number of hydrogen-bond donors (Lipinski definition) is 2. The number of cyclic esters (lactones) is 1. The third-order valence-corrected chi connectivity index (χ3v) is 12.8. The number of rotatable bonds is 5. The predicted octanol–water partition coefficient (Wildman–Crippen LogP) is 3.36. The third kappa shape index (κ3) is 7.98. The molecule has 4 rings (SSSR count). The van der Waals surface area contributed by atoms with Crippen LogP contribution in [-0.4, -0.2) is 120 Å². The first kappa shape index (κ1) is 38.4. The average molecular weight is 691 g/mol. The van der Waals surface area contributed by atoms with Gasteiger partial charge in [-0.3, -0.25) is 0 Å². The summed E-state index contributed by atoms with van der Waals surface area (Å²) >= 11 is 2.73. The number of hydrogen-bond acceptors (Lipinski definition) is 10. The molecule has 10 nitrogen and oxygen atoms in total. The molecule has 0 aromatic carbocycles. The van der Waals surface area contributed by atoms with Crippen molar-refractivity contribution >= 4 is 10.2 Å². The summed E-state index contributed by atoms with van der Waals surface area (Å²) < 4.78 is 40.2. The molecule has 2 bridgehead atoms. The van der Waals surface area contributed by atoms with Gasteiger partial charge < -0.3 is 0 Å². The fourth-order valence-electron chi connectivity index (χ4n) is 8.32. The fraction of sp³-hybridized carbons (Fsp3) is 0.943. The van der Waals surface area contributed by atoms with Crippen molar-refractivity contribution in [2.75, 3.05) is 34.4 Å². The molecule has 3 aliphatic heterocycles. The van der Waals surface area contributed by atoms with Gasteiger partial charge in [0.15, 0.2) is 0 Å². The standard InChI is InChI=1S/C35H61NO9.V/c1-12-27-35(8,39)30-20(3)13-19(2)16-34(7,42-18-25-15-24(25)17-41-30)31(22(5)28(37)23(6)32(38)44-27)45-33-29(40-11)26(36(9)10)14-21(4)43-33;/h19-31,33,37,39H,12,14-18H2,1-11H3;/t19-,20-,21+,22-,23+,24?,25?,26-,27+,28-,29+,30+,31+,33-,34-,35+;/m0./s1. The minimum atomic E-state index is -1.46. The molecule has 1 aliphatic carbocycles. The first-order valence-electron chi connectivity index (χ1n) is 17.4. The maximum absolute atomic E-state index is 13.7. The zero-order valence-corrected chi connectivity index (χ0v) is 31.4. The number of carbonyl (C=O) groups is 1. The first-order chi connectivity index (χ1) is 21.5. The van der Waals surface area contributed by atoms with Crippen LogP contribution in [0.4, 0.5) is 0 Å². The number of esters is 1. The molecule has 0 amide bonds. The summed E-state index contributed by atoms with van der Waals surface area (Å²) in [4.78, 5) is 15.9. The molecule has 16 atom stereocenters. The molecule has 11 heteroatoms. The normalized spacial score (nSPS) is 49.6. The van der Waals surface area contributed by atoms with Crippen molar-refractivity contribution in [3.63, 3.8) is 0 Å². The van der Waals surface area contributed by atoms with E-state index < -0.39 is 59.7 Å². The van der Waals surface area contributed by atoms with Crippen LogP contribution in [0, 0.1) is 35.5 Å². The Hall–Kier alpha value is -0.396. The second kappa shape index (κ2) is 15.2. The van der Waals surface area contributed by atoms with E-state index in [-0.39, 0.29) is 30.1 Å². The molecule has 0 spiro atoms. The topological polar surface area (TPSA) is 116 Å². The van der Waals surface area contributed by atoms with Crippen molar-refractivity contribution in [3.8, 4) is 0 Å². The summed E-state index contributed by atoms with van der Waals surface area (Å²) in [7, 11) is 5.75. The minimum absolute atomic E-state index is 0.0219. The van der Waals surface area contributed by atoms with E-state index in [1.165, 1.54) is 0 Å². The molecular formula is C35H61NO9V. The Morgan fingerprint density at radius 2 is 1.70 bits per heavy atom. The van der Waals surface area contributed by atoms with Gasteiger partial charge in [-0.2, -0.15) is 0 Å². The van der Waals surface area contributed by atoms with Crippen LogP contribution in [-0.2, 0) is 50.2 Å². The van der Waals surface area contributed by atoms with Gasteiger partial charge in [0.05, 0.1) is 0 Å². The van der Waals surface area contributed by atoms with Crippen LogP contribution in [0.3, 0.4) is 0 Å². The number of aliphatic hydroxyl groups excluding tert-OH is 1. The molecule has 0 aromatic heterocycles. The van der Waals surface area contributed by atoms with Crippen LogP contribution < -0.4 is 0 Å². The Balaban J connectivity index is 1.84. The van der Waals surface area contributed by atoms with Crippen LogP contribution in [0.15, 0.2) is 0 Å². The van der Waals surface area contributed by atoms with Crippen molar-refractivity contribution in [1.29, 1.82) is 0 Å². The maximum atomic E-state index is 13.7. The van der Waals surface area contributed by atoms with Crippen LogP contribution in [0.5, 0.6) is 0 Å². The van der Waals surface area contributed by atoms with Crippen molar-refractivity contribution in [1.82, 2.24) is 4.90 Å². The van der Waals surface area contributed by atoms with Gasteiger partial charge in [0.2, 0.25) is 0 Å². The van der Waals surface area contributed by atoms with Crippen molar-refractivity contribution in [2.24, 2.45) is 35.5 Å². The molecule has 0 aromatic rings. The summed E-state index contributed by atoms with van der Waals surface area (Å²) in [5, 5.41) is 24.0. The fourth-order valence-corrected chi connectivity index (χ4v) is 8.68. The van der Waals surface area contributed by atoms with Gasteiger partial charge >= 0.3 is 287 Å². The van der Waals surface area contributed by atoms with Gasteiger partial charge in [0.25, 0.3) is 0 Å². The Morgan fingerprint density at radius 3 is 2.30 bits per heavy atom. The number of likely N-dealkylation sites (N-methyl/N-ethyl adjacent to an activating group) is 1. The predicted molar refractivity (Wildman–Crippen MR) is 171 cm³/mol. The molecule has 46 heavy (non-hydrogen) atoms. The molecule has 2 N–H and O–H groups in total. The van der Waals surface area contributed by atoms with Gasteiger partial charge in [-0.15, -0.1) is 0 Å². The summed E-state index contributed by atoms with van der Waals surface area (Å²) in [5.74, 6) is -1.53. The number of carbonyl (C=O) groups excluding carboxylic acids is 1. The number of ether oxygens (including phenoxy) is 6. The van der Waals surface area contributed by atoms with E-state index in [9.17, 15) is 15.0 Å². The number of aliphatic hydroxyl groups is 2. The van der Waals surface area contributed by atoms with E-state index in [1.807, 2.05) is 34.9 Å². The zero-order chi connectivity index (χ0) is 34.3. The summed E-state index contributed by atoms with van der Waals surface area (Å²) in [6.45, 7) is 16.6. The average Bonchev–Trinajstić information content (AvgIpc) is 3.76. The van der Waals surface area contributed by atoms with E-state index in [0.717, 1.165) is 17.1 Å². The summed E-state index contributed by atoms with van der Waals surface area (Å²) in [6, 6.07) is 0.0620. The van der Waals surface area contributed by atoms with E-state index in [4.69, 9.17) is 28.4 Å². The molecule has 4 fully saturated rings. The summed E-state index contributed by atoms with van der Waals surface area (Å²) in [5.41, 5.74) is -2.33.